The highest BCUT2D eigenvalue weighted by atomic mass is 32.1. The third-order valence-electron chi connectivity index (χ3n) is 4.63. The van der Waals surface area contributed by atoms with Crippen molar-refractivity contribution in [2.24, 2.45) is 0 Å². The Labute approximate surface area is 162 Å². The zero-order valence-corrected chi connectivity index (χ0v) is 16.4. The zero-order chi connectivity index (χ0) is 19.1. The summed E-state index contributed by atoms with van der Waals surface area (Å²) in [6, 6.07) is 9.23. The molecule has 0 unspecified atom stereocenters. The van der Waals surface area contributed by atoms with Crippen LogP contribution in [0.1, 0.15) is 21.5 Å². The Hall–Kier alpha value is -2.77. The molecule has 1 N–H and O–H groups in total. The summed E-state index contributed by atoms with van der Waals surface area (Å²) in [4.78, 5) is 42.3. The number of aryl methyl sites for hydroxylation is 2. The Kier molecular flexibility index (Phi) is 4.41. The maximum absolute atomic E-state index is 13.0. The molecule has 0 saturated heterocycles. The second kappa shape index (κ2) is 6.75. The molecule has 0 amide bonds. The van der Waals surface area contributed by atoms with E-state index in [4.69, 9.17) is 0 Å². The standard InChI is InChI=1S/C20H16N2O3S2/c1-11-5-6-13(8-12(11)2)15(23)9-22-19(24)17-14(16-4-3-7-26-16)10-27-18(17)21-20(22)25/h3-8,10H,9H2,1-2H3,(H,21,25). The van der Waals surface area contributed by atoms with Crippen molar-refractivity contribution in [2.45, 2.75) is 20.4 Å². The first-order valence-corrected chi connectivity index (χ1v) is 10.1. The Morgan fingerprint density at radius 3 is 2.63 bits per heavy atom. The van der Waals surface area contributed by atoms with Gasteiger partial charge in [0.05, 0.1) is 11.9 Å². The van der Waals surface area contributed by atoms with Gasteiger partial charge in [0.15, 0.2) is 5.78 Å². The molecular weight excluding hydrogens is 380 g/mol. The van der Waals surface area contributed by atoms with Gasteiger partial charge < -0.3 is 0 Å². The topological polar surface area (TPSA) is 71.9 Å². The number of carbonyl (C=O) groups is 1. The molecule has 4 aromatic rings. The lowest BCUT2D eigenvalue weighted by Gasteiger charge is -2.07. The summed E-state index contributed by atoms with van der Waals surface area (Å²) in [6.07, 6.45) is 0. The number of ketones is 1. The van der Waals surface area contributed by atoms with E-state index in [1.807, 2.05) is 42.8 Å². The van der Waals surface area contributed by atoms with Gasteiger partial charge in [-0.3, -0.25) is 19.1 Å². The SMILES string of the molecule is Cc1ccc(C(=O)Cn2c(=O)[nH]c3scc(-c4cccs4)c3c2=O)cc1C. The van der Waals surface area contributed by atoms with E-state index in [2.05, 4.69) is 4.98 Å². The monoisotopic (exact) mass is 396 g/mol. The lowest BCUT2D eigenvalue weighted by molar-refractivity contribution is 0.0969. The number of aromatic amines is 1. The first-order chi connectivity index (χ1) is 13.0. The fraction of sp³-hybridized carbons (Fsp3) is 0.150. The van der Waals surface area contributed by atoms with Gasteiger partial charge in [0.1, 0.15) is 4.83 Å². The highest BCUT2D eigenvalue weighted by molar-refractivity contribution is 7.18. The lowest BCUT2D eigenvalue weighted by Crippen LogP contribution is -2.37. The predicted molar refractivity (Wildman–Crippen MR) is 110 cm³/mol. The lowest BCUT2D eigenvalue weighted by atomic mass is 10.0. The maximum atomic E-state index is 13.0. The fourth-order valence-corrected chi connectivity index (χ4v) is 4.73. The number of Topliss-reactive ketones (excluding diaryl/α,β-unsaturated/α-hetero) is 1. The molecule has 0 aliphatic rings. The number of thiophene rings is 2. The van der Waals surface area contributed by atoms with Crippen molar-refractivity contribution in [3.63, 3.8) is 0 Å². The molecule has 0 bridgehead atoms. The number of nitrogens with zero attached hydrogens (tertiary/aromatic N) is 1. The zero-order valence-electron chi connectivity index (χ0n) is 14.7. The maximum Gasteiger partial charge on any atom is 0.329 e. The summed E-state index contributed by atoms with van der Waals surface area (Å²) in [7, 11) is 0. The molecule has 5 nitrogen and oxygen atoms in total. The minimum atomic E-state index is -0.565. The fourth-order valence-electron chi connectivity index (χ4n) is 2.96. The third kappa shape index (κ3) is 3.09. The van der Waals surface area contributed by atoms with Gasteiger partial charge in [-0.25, -0.2) is 4.79 Å². The van der Waals surface area contributed by atoms with Gasteiger partial charge in [0.25, 0.3) is 5.56 Å². The largest absolute Gasteiger partial charge is 0.329 e. The van der Waals surface area contributed by atoms with E-state index >= 15 is 0 Å². The van der Waals surface area contributed by atoms with Crippen LogP contribution in [0.2, 0.25) is 0 Å². The van der Waals surface area contributed by atoms with Crippen LogP contribution in [0, 0.1) is 13.8 Å². The molecule has 1 aromatic carbocycles. The smallest absolute Gasteiger partial charge is 0.298 e. The number of H-pyrrole nitrogens is 1. The number of hydrogen-bond acceptors (Lipinski definition) is 5. The number of fused-ring (bicyclic) bond motifs is 1. The van der Waals surface area contributed by atoms with Gasteiger partial charge in [-0.15, -0.1) is 22.7 Å². The van der Waals surface area contributed by atoms with Crippen molar-refractivity contribution >= 4 is 38.7 Å². The molecule has 0 aliphatic heterocycles. The van der Waals surface area contributed by atoms with Crippen molar-refractivity contribution in [3.05, 3.63) is 78.6 Å². The van der Waals surface area contributed by atoms with Crippen LogP contribution < -0.4 is 11.2 Å². The first-order valence-electron chi connectivity index (χ1n) is 8.34. The minimum Gasteiger partial charge on any atom is -0.298 e. The van der Waals surface area contributed by atoms with E-state index in [1.54, 1.807) is 12.1 Å². The molecular formula is C20H16N2O3S2. The average molecular weight is 396 g/mol. The summed E-state index contributed by atoms with van der Waals surface area (Å²) < 4.78 is 0.990. The highest BCUT2D eigenvalue weighted by Crippen LogP contribution is 2.33. The number of aromatic nitrogens is 2. The van der Waals surface area contributed by atoms with Crippen molar-refractivity contribution < 1.29 is 4.79 Å². The van der Waals surface area contributed by atoms with Gasteiger partial charge in [0.2, 0.25) is 0 Å². The second-order valence-corrected chi connectivity index (χ2v) is 8.20. The van der Waals surface area contributed by atoms with Gasteiger partial charge in [-0.2, -0.15) is 0 Å². The van der Waals surface area contributed by atoms with Crippen LogP contribution in [-0.2, 0) is 6.54 Å². The quantitative estimate of drug-likeness (QED) is 0.531. The van der Waals surface area contributed by atoms with Gasteiger partial charge in [-0.1, -0.05) is 18.2 Å². The summed E-state index contributed by atoms with van der Waals surface area (Å²) in [5, 5.41) is 4.25. The van der Waals surface area contributed by atoms with Crippen LogP contribution in [0.3, 0.4) is 0 Å². The Bertz CT molecular complexity index is 1280. The van der Waals surface area contributed by atoms with E-state index < -0.39 is 11.2 Å². The summed E-state index contributed by atoms with van der Waals surface area (Å²) in [6.45, 7) is 3.61. The summed E-state index contributed by atoms with van der Waals surface area (Å²) in [5.41, 5.74) is 2.36. The van der Waals surface area contributed by atoms with E-state index in [9.17, 15) is 14.4 Å². The van der Waals surface area contributed by atoms with Crippen LogP contribution >= 0.6 is 22.7 Å². The van der Waals surface area contributed by atoms with Crippen LogP contribution in [0.15, 0.2) is 50.7 Å². The second-order valence-electron chi connectivity index (χ2n) is 6.37. The van der Waals surface area contributed by atoms with Gasteiger partial charge in [0, 0.05) is 21.4 Å². The first kappa shape index (κ1) is 17.6. The summed E-state index contributed by atoms with van der Waals surface area (Å²) >= 11 is 2.85. The average Bonchev–Trinajstić information content (AvgIpc) is 3.30. The van der Waals surface area contributed by atoms with Gasteiger partial charge >= 0.3 is 5.69 Å². The number of benzene rings is 1. The van der Waals surface area contributed by atoms with Crippen molar-refractivity contribution in [2.75, 3.05) is 0 Å². The van der Waals surface area contributed by atoms with E-state index in [-0.39, 0.29) is 12.3 Å². The van der Waals surface area contributed by atoms with Crippen molar-refractivity contribution in [1.29, 1.82) is 0 Å². The van der Waals surface area contributed by atoms with E-state index in [0.29, 0.717) is 15.8 Å². The Morgan fingerprint density at radius 2 is 1.93 bits per heavy atom. The van der Waals surface area contributed by atoms with Crippen LogP contribution in [0.5, 0.6) is 0 Å². The molecule has 0 atom stereocenters. The summed E-state index contributed by atoms with van der Waals surface area (Å²) in [5.74, 6) is -0.266. The van der Waals surface area contributed by atoms with Crippen LogP contribution in [0.25, 0.3) is 20.7 Å². The van der Waals surface area contributed by atoms with Crippen LogP contribution in [-0.4, -0.2) is 15.3 Å². The Balaban J connectivity index is 1.81. The molecule has 0 fully saturated rings. The molecule has 0 radical (unpaired) electrons. The van der Waals surface area contributed by atoms with Crippen LogP contribution in [0.4, 0.5) is 0 Å². The Morgan fingerprint density at radius 1 is 1.11 bits per heavy atom. The normalized spacial score (nSPS) is 11.2. The molecule has 0 spiro atoms. The number of rotatable bonds is 4. The molecule has 136 valence electrons. The van der Waals surface area contributed by atoms with Crippen molar-refractivity contribution in [3.8, 4) is 10.4 Å². The number of carbonyl (C=O) groups excluding carboxylic acids is 1. The molecule has 3 heterocycles. The molecule has 0 aliphatic carbocycles. The number of nitrogens with one attached hydrogen (secondary N) is 1. The molecule has 3 aromatic heterocycles. The molecule has 27 heavy (non-hydrogen) atoms. The van der Waals surface area contributed by atoms with Gasteiger partial charge in [-0.05, 0) is 42.5 Å². The van der Waals surface area contributed by atoms with Crippen molar-refractivity contribution in [1.82, 2.24) is 9.55 Å². The van der Waals surface area contributed by atoms with E-state index in [1.165, 1.54) is 22.7 Å². The number of hydrogen-bond donors (Lipinski definition) is 1. The van der Waals surface area contributed by atoms with E-state index in [0.717, 1.165) is 26.1 Å². The highest BCUT2D eigenvalue weighted by Gasteiger charge is 2.18. The molecule has 4 rings (SSSR count). The third-order valence-corrected chi connectivity index (χ3v) is 6.43. The molecule has 7 heteroatoms. The predicted octanol–water partition coefficient (Wildman–Crippen LogP) is 3.98. The minimum absolute atomic E-state index is 0.266. The molecule has 0 saturated carbocycles.